The summed E-state index contributed by atoms with van der Waals surface area (Å²) in [6.07, 6.45) is 9.08. The number of imidazole rings is 1. The Morgan fingerprint density at radius 2 is 2.24 bits per heavy atom. The number of nitrogens with zero attached hydrogens (tertiary/aromatic N) is 5. The van der Waals surface area contributed by atoms with E-state index in [4.69, 9.17) is 0 Å². The van der Waals surface area contributed by atoms with Gasteiger partial charge in [-0.1, -0.05) is 0 Å². The third-order valence-electron chi connectivity index (χ3n) is 2.31. The van der Waals surface area contributed by atoms with Crippen molar-refractivity contribution < 1.29 is 0 Å². The minimum Gasteiger partial charge on any atom is -0.335 e. The molecule has 0 bridgehead atoms. The largest absolute Gasteiger partial charge is 0.335 e. The number of hydrogen-bond acceptors (Lipinski definition) is 4. The minimum atomic E-state index is 0.692. The smallest absolute Gasteiger partial charge is 0.180 e. The fraction of sp³-hybridized carbons (Fsp3) is 0.100. The highest BCUT2D eigenvalue weighted by Gasteiger charge is 2.07. The van der Waals surface area contributed by atoms with Crippen LogP contribution in [0.5, 0.6) is 0 Å². The first-order chi connectivity index (χ1) is 8.22. The van der Waals surface area contributed by atoms with Crippen LogP contribution in [0.25, 0.3) is 5.65 Å². The van der Waals surface area contributed by atoms with Crippen LogP contribution >= 0.6 is 15.9 Å². The second-order valence-electron chi connectivity index (χ2n) is 3.60. The second-order valence-corrected chi connectivity index (χ2v) is 4.41. The van der Waals surface area contributed by atoms with Crippen molar-refractivity contribution in [1.82, 2.24) is 24.1 Å². The van der Waals surface area contributed by atoms with E-state index in [0.29, 0.717) is 5.82 Å². The van der Waals surface area contributed by atoms with Gasteiger partial charge in [0.1, 0.15) is 4.60 Å². The Morgan fingerprint density at radius 1 is 1.35 bits per heavy atom. The summed E-state index contributed by atoms with van der Waals surface area (Å²) in [6, 6.07) is 0. The summed E-state index contributed by atoms with van der Waals surface area (Å²) in [6.45, 7) is 0. The lowest BCUT2D eigenvalue weighted by Crippen LogP contribution is -1.98. The van der Waals surface area contributed by atoms with Gasteiger partial charge in [0.25, 0.3) is 0 Å². The average molecular weight is 293 g/mol. The van der Waals surface area contributed by atoms with Crippen molar-refractivity contribution in [3.8, 4) is 0 Å². The molecule has 0 saturated heterocycles. The van der Waals surface area contributed by atoms with E-state index in [-0.39, 0.29) is 0 Å². The highest BCUT2D eigenvalue weighted by Crippen LogP contribution is 2.20. The van der Waals surface area contributed by atoms with Crippen LogP contribution in [0.2, 0.25) is 0 Å². The minimum absolute atomic E-state index is 0.692. The van der Waals surface area contributed by atoms with Gasteiger partial charge in [0.15, 0.2) is 11.5 Å². The van der Waals surface area contributed by atoms with Gasteiger partial charge in [-0.25, -0.2) is 9.97 Å². The molecule has 7 heteroatoms. The molecule has 0 aromatic carbocycles. The average Bonchev–Trinajstić information content (AvgIpc) is 2.87. The molecule has 0 aliphatic heterocycles. The first-order valence-corrected chi connectivity index (χ1v) is 5.76. The maximum absolute atomic E-state index is 4.36. The van der Waals surface area contributed by atoms with Gasteiger partial charge >= 0.3 is 0 Å². The van der Waals surface area contributed by atoms with E-state index in [9.17, 15) is 0 Å². The van der Waals surface area contributed by atoms with Crippen LogP contribution in [0, 0.1) is 0 Å². The van der Waals surface area contributed by atoms with Crippen molar-refractivity contribution in [2.45, 2.75) is 0 Å². The normalized spacial score (nSPS) is 10.9. The molecule has 3 aromatic heterocycles. The summed E-state index contributed by atoms with van der Waals surface area (Å²) in [5.74, 6) is 0.692. The summed E-state index contributed by atoms with van der Waals surface area (Å²) in [5.41, 5.74) is 1.65. The Hall–Kier alpha value is -1.89. The van der Waals surface area contributed by atoms with Gasteiger partial charge in [-0.2, -0.15) is 5.10 Å². The number of fused-ring (bicyclic) bond motifs is 1. The maximum atomic E-state index is 4.36. The number of aryl methyl sites for hydroxylation is 1. The molecule has 17 heavy (non-hydrogen) atoms. The number of rotatable bonds is 2. The lowest BCUT2D eigenvalue weighted by Gasteiger charge is -2.04. The maximum Gasteiger partial charge on any atom is 0.180 e. The van der Waals surface area contributed by atoms with E-state index in [2.05, 4.69) is 36.3 Å². The molecule has 1 N–H and O–H groups in total. The van der Waals surface area contributed by atoms with Crippen LogP contribution in [0.15, 0.2) is 35.6 Å². The van der Waals surface area contributed by atoms with Crippen molar-refractivity contribution in [3.05, 3.63) is 35.6 Å². The predicted molar refractivity (Wildman–Crippen MR) is 67.2 cm³/mol. The topological polar surface area (TPSA) is 60.0 Å². The number of hydrogen-bond donors (Lipinski definition) is 1. The summed E-state index contributed by atoms with van der Waals surface area (Å²) in [5, 5.41) is 7.28. The van der Waals surface area contributed by atoms with Gasteiger partial charge in [0.05, 0.1) is 11.9 Å². The molecule has 0 spiro atoms. The highest BCUT2D eigenvalue weighted by atomic mass is 79.9. The van der Waals surface area contributed by atoms with E-state index in [0.717, 1.165) is 15.9 Å². The van der Waals surface area contributed by atoms with E-state index in [1.54, 1.807) is 17.1 Å². The quantitative estimate of drug-likeness (QED) is 0.784. The molecule has 0 amide bonds. The molecule has 0 unspecified atom stereocenters. The highest BCUT2D eigenvalue weighted by molar-refractivity contribution is 9.10. The molecule has 3 heterocycles. The third kappa shape index (κ3) is 1.89. The van der Waals surface area contributed by atoms with Crippen LogP contribution in [-0.4, -0.2) is 24.1 Å². The standard InChI is InChI=1S/C10H9BrN6/c1-16-5-7(4-13-16)14-9-10-12-2-3-17(10)6-8(11)15-9/h2-6H,1H3,(H,14,15). The van der Waals surface area contributed by atoms with Gasteiger partial charge in [-0.05, 0) is 15.9 Å². The van der Waals surface area contributed by atoms with E-state index < -0.39 is 0 Å². The lowest BCUT2D eigenvalue weighted by atomic mass is 10.5. The molecule has 0 saturated carbocycles. The van der Waals surface area contributed by atoms with Crippen molar-refractivity contribution in [2.75, 3.05) is 5.32 Å². The lowest BCUT2D eigenvalue weighted by molar-refractivity contribution is 0.768. The third-order valence-corrected chi connectivity index (χ3v) is 2.69. The molecule has 86 valence electrons. The van der Waals surface area contributed by atoms with Crippen molar-refractivity contribution in [3.63, 3.8) is 0 Å². The van der Waals surface area contributed by atoms with Crippen LogP contribution in [0.3, 0.4) is 0 Å². The molecule has 0 radical (unpaired) electrons. The zero-order valence-corrected chi connectivity index (χ0v) is 10.6. The van der Waals surface area contributed by atoms with Crippen molar-refractivity contribution >= 4 is 33.1 Å². The monoisotopic (exact) mass is 292 g/mol. The Balaban J connectivity index is 2.07. The molecular weight excluding hydrogens is 284 g/mol. The number of anilines is 2. The fourth-order valence-electron chi connectivity index (χ4n) is 1.61. The fourth-order valence-corrected chi connectivity index (χ4v) is 2.01. The second kappa shape index (κ2) is 3.85. The number of halogens is 1. The Labute approximate surface area is 105 Å². The van der Waals surface area contributed by atoms with E-state index in [1.165, 1.54) is 0 Å². The molecular formula is C10H9BrN6. The Morgan fingerprint density at radius 3 is 3.00 bits per heavy atom. The molecule has 6 nitrogen and oxygen atoms in total. The zero-order valence-electron chi connectivity index (χ0n) is 9.00. The van der Waals surface area contributed by atoms with Crippen LogP contribution < -0.4 is 5.32 Å². The van der Waals surface area contributed by atoms with Gasteiger partial charge in [-0.15, -0.1) is 0 Å². The van der Waals surface area contributed by atoms with Gasteiger partial charge in [0, 0.05) is 31.8 Å². The van der Waals surface area contributed by atoms with Crippen molar-refractivity contribution in [2.24, 2.45) is 7.05 Å². The van der Waals surface area contributed by atoms with E-state index in [1.807, 2.05) is 30.0 Å². The Kier molecular flexibility index (Phi) is 2.32. The number of aromatic nitrogens is 5. The van der Waals surface area contributed by atoms with Crippen LogP contribution in [0.1, 0.15) is 0 Å². The Bertz CT molecular complexity index is 670. The first-order valence-electron chi connectivity index (χ1n) is 4.97. The molecule has 0 aliphatic rings. The van der Waals surface area contributed by atoms with Gasteiger partial charge < -0.3 is 9.72 Å². The molecule has 0 aliphatic carbocycles. The SMILES string of the molecule is Cn1cc(Nc2nc(Br)cn3ccnc23)cn1. The van der Waals surface area contributed by atoms with Crippen LogP contribution in [0.4, 0.5) is 11.5 Å². The summed E-state index contributed by atoms with van der Waals surface area (Å²) in [7, 11) is 1.87. The summed E-state index contributed by atoms with van der Waals surface area (Å²) in [4.78, 5) is 8.62. The van der Waals surface area contributed by atoms with Crippen LogP contribution in [-0.2, 0) is 7.05 Å². The summed E-state index contributed by atoms with van der Waals surface area (Å²) >= 11 is 3.37. The molecule has 0 fully saturated rings. The molecule has 3 rings (SSSR count). The first kappa shape index (κ1) is 10.3. The van der Waals surface area contributed by atoms with Gasteiger partial charge in [-0.3, -0.25) is 4.68 Å². The predicted octanol–water partition coefficient (Wildman–Crippen LogP) is 1.97. The summed E-state index contributed by atoms with van der Waals surface area (Å²) < 4.78 is 4.37. The molecule has 3 aromatic rings. The van der Waals surface area contributed by atoms with E-state index >= 15 is 0 Å². The number of nitrogens with one attached hydrogen (secondary N) is 1. The van der Waals surface area contributed by atoms with Crippen molar-refractivity contribution in [1.29, 1.82) is 0 Å². The molecule has 0 atom stereocenters. The van der Waals surface area contributed by atoms with Gasteiger partial charge in [0.2, 0.25) is 0 Å². The zero-order chi connectivity index (χ0) is 11.8.